The summed E-state index contributed by atoms with van der Waals surface area (Å²) >= 11 is 0. The van der Waals surface area contributed by atoms with E-state index in [-0.39, 0.29) is 22.8 Å². The van der Waals surface area contributed by atoms with Crippen LogP contribution in [0.15, 0.2) is 42.6 Å². The van der Waals surface area contributed by atoms with Gasteiger partial charge in [-0.05, 0) is 63.1 Å². The number of aromatic nitrogens is 3. The van der Waals surface area contributed by atoms with E-state index >= 15 is 8.78 Å². The highest BCUT2D eigenvalue weighted by Gasteiger charge is 2.45. The second-order valence-electron chi connectivity index (χ2n) is 12.3. The van der Waals surface area contributed by atoms with Crippen LogP contribution in [-0.4, -0.2) is 76.4 Å². The van der Waals surface area contributed by atoms with Crippen molar-refractivity contribution in [3.8, 4) is 17.3 Å². The number of hydrogen-bond donors (Lipinski definition) is 1. The van der Waals surface area contributed by atoms with Gasteiger partial charge in [-0.1, -0.05) is 30.3 Å². The molecule has 0 unspecified atom stereocenters. The monoisotopic (exact) mass is 586 g/mol. The fourth-order valence-electron chi connectivity index (χ4n) is 7.58. The van der Waals surface area contributed by atoms with Crippen molar-refractivity contribution in [1.82, 2.24) is 25.2 Å². The number of nitrogens with one attached hydrogen (secondary N) is 1. The highest BCUT2D eigenvalue weighted by Crippen LogP contribution is 2.40. The Morgan fingerprint density at radius 3 is 2.49 bits per heavy atom. The Kier molecular flexibility index (Phi) is 6.15. The Bertz CT molecular complexity index is 1740. The molecule has 1 N–H and O–H groups in total. The first-order chi connectivity index (χ1) is 20.9. The lowest BCUT2D eigenvalue weighted by atomic mass is 9.89. The van der Waals surface area contributed by atoms with E-state index in [1.807, 2.05) is 0 Å². The lowest BCUT2D eigenvalue weighted by Gasteiger charge is -2.38. The van der Waals surface area contributed by atoms with Gasteiger partial charge in [0, 0.05) is 30.2 Å². The first kappa shape index (κ1) is 26.5. The van der Waals surface area contributed by atoms with E-state index in [1.54, 1.807) is 36.5 Å². The van der Waals surface area contributed by atoms with E-state index in [2.05, 4.69) is 25.1 Å². The van der Waals surface area contributed by atoms with Gasteiger partial charge in [-0.3, -0.25) is 9.88 Å². The number of amides is 1. The van der Waals surface area contributed by atoms with Crippen LogP contribution in [-0.2, 0) is 4.74 Å². The number of hydrogen-bond acceptors (Lipinski definition) is 8. The number of anilines is 1. The molecule has 0 saturated carbocycles. The first-order valence-electron chi connectivity index (χ1n) is 15.1. The van der Waals surface area contributed by atoms with Crippen molar-refractivity contribution >= 4 is 33.6 Å². The first-order valence-corrected chi connectivity index (χ1v) is 15.1. The summed E-state index contributed by atoms with van der Waals surface area (Å²) in [6.07, 6.45) is 6.87. The van der Waals surface area contributed by atoms with Gasteiger partial charge in [-0.15, -0.1) is 0 Å². The molecular formula is C32H32F2N6O3. The van der Waals surface area contributed by atoms with E-state index in [9.17, 15) is 4.79 Å². The van der Waals surface area contributed by atoms with Gasteiger partial charge in [0.25, 0.3) is 0 Å². The molecule has 4 saturated heterocycles. The Morgan fingerprint density at radius 1 is 0.977 bits per heavy atom. The Balaban J connectivity index is 1.21. The van der Waals surface area contributed by atoms with Crippen LogP contribution in [0, 0.1) is 11.6 Å². The standard InChI is InChI=1S/C32H32F2N6O3/c33-23-8-2-6-20-5-1-7-21(24(20)23)26-25(34)27-22(17-35-26)28(39-15-11-31(12-16-39)18-43-30(41)38-31)37-29(36-27)42-19-32-9-3-13-40(32)14-4-10-32/h1-2,5-8,17H,3-4,9-16,18-19H2,(H,38,41). The average molecular weight is 587 g/mol. The zero-order chi connectivity index (χ0) is 29.2. The van der Waals surface area contributed by atoms with E-state index in [1.165, 1.54) is 6.07 Å². The summed E-state index contributed by atoms with van der Waals surface area (Å²) in [6.45, 7) is 4.05. The molecule has 43 heavy (non-hydrogen) atoms. The molecular weight excluding hydrogens is 554 g/mol. The van der Waals surface area contributed by atoms with E-state index in [0.717, 1.165) is 38.8 Å². The second-order valence-corrected chi connectivity index (χ2v) is 12.3. The number of carbonyl (C=O) groups is 1. The van der Waals surface area contributed by atoms with E-state index in [0.29, 0.717) is 66.7 Å². The van der Waals surface area contributed by atoms with Crippen molar-refractivity contribution in [1.29, 1.82) is 0 Å². The second kappa shape index (κ2) is 9.97. The van der Waals surface area contributed by atoms with Crippen LogP contribution < -0.4 is 15.0 Å². The highest BCUT2D eigenvalue weighted by atomic mass is 19.1. The van der Waals surface area contributed by atoms with E-state index in [4.69, 9.17) is 14.5 Å². The molecule has 8 rings (SSSR count). The SMILES string of the molecule is O=C1NC2(CCN(c3nc(OCC45CCCN4CCC5)nc4c(F)c(-c5cccc6cccc(F)c56)ncc34)CC2)CO1. The van der Waals surface area contributed by atoms with Crippen LogP contribution in [0.2, 0.25) is 0 Å². The number of pyridine rings is 1. The number of carbonyl (C=O) groups excluding carboxylic acids is 1. The molecule has 1 spiro atoms. The highest BCUT2D eigenvalue weighted by molar-refractivity contribution is 5.99. The van der Waals surface area contributed by atoms with Crippen LogP contribution in [0.1, 0.15) is 38.5 Å². The number of ether oxygens (including phenoxy) is 2. The molecule has 9 nitrogen and oxygen atoms in total. The molecule has 4 fully saturated rings. The summed E-state index contributed by atoms with van der Waals surface area (Å²) in [5.41, 5.74) is 0.0419. The lowest BCUT2D eigenvalue weighted by molar-refractivity contribution is 0.108. The van der Waals surface area contributed by atoms with Crippen molar-refractivity contribution in [3.63, 3.8) is 0 Å². The predicted octanol–water partition coefficient (Wildman–Crippen LogP) is 5.21. The summed E-state index contributed by atoms with van der Waals surface area (Å²) in [5, 5.41) is 4.39. The number of halogens is 2. The summed E-state index contributed by atoms with van der Waals surface area (Å²) in [6, 6.07) is 10.2. The summed E-state index contributed by atoms with van der Waals surface area (Å²) < 4.78 is 43.1. The third-order valence-corrected chi connectivity index (χ3v) is 9.90. The smallest absolute Gasteiger partial charge is 0.407 e. The minimum atomic E-state index is -0.645. The van der Waals surface area contributed by atoms with Crippen LogP contribution >= 0.6 is 0 Å². The molecule has 0 aliphatic carbocycles. The summed E-state index contributed by atoms with van der Waals surface area (Å²) in [5.74, 6) is -0.550. The molecule has 0 atom stereocenters. The number of alkyl carbamates (subject to hydrolysis) is 1. The van der Waals surface area contributed by atoms with Gasteiger partial charge < -0.3 is 19.7 Å². The molecule has 4 aliphatic heterocycles. The van der Waals surface area contributed by atoms with Gasteiger partial charge in [0.2, 0.25) is 0 Å². The fraction of sp³-hybridized carbons (Fsp3) is 0.438. The lowest BCUT2D eigenvalue weighted by Crippen LogP contribution is -2.52. The number of piperidine rings is 1. The molecule has 6 heterocycles. The summed E-state index contributed by atoms with van der Waals surface area (Å²) in [7, 11) is 0. The maximum absolute atomic E-state index is 16.6. The Hall–Kier alpha value is -4.12. The van der Waals surface area contributed by atoms with Gasteiger partial charge in [0.1, 0.15) is 36.1 Å². The number of rotatable bonds is 5. The van der Waals surface area contributed by atoms with Crippen molar-refractivity contribution in [3.05, 3.63) is 54.2 Å². The topological polar surface area (TPSA) is 92.7 Å². The van der Waals surface area contributed by atoms with Crippen molar-refractivity contribution < 1.29 is 23.0 Å². The Labute approximate surface area is 247 Å². The third-order valence-electron chi connectivity index (χ3n) is 9.90. The van der Waals surface area contributed by atoms with Crippen LogP contribution in [0.4, 0.5) is 19.4 Å². The normalized spacial score (nSPS) is 21.0. The molecule has 2 aromatic carbocycles. The minimum absolute atomic E-state index is 0.0265. The molecule has 4 aliphatic rings. The van der Waals surface area contributed by atoms with E-state index < -0.39 is 23.3 Å². The van der Waals surface area contributed by atoms with Crippen LogP contribution in [0.3, 0.4) is 0 Å². The van der Waals surface area contributed by atoms with Gasteiger partial charge in [-0.25, -0.2) is 13.6 Å². The van der Waals surface area contributed by atoms with Crippen molar-refractivity contribution in [2.45, 2.75) is 49.6 Å². The molecule has 0 radical (unpaired) electrons. The molecule has 2 aromatic heterocycles. The van der Waals surface area contributed by atoms with Crippen LogP contribution in [0.25, 0.3) is 32.9 Å². The fourth-order valence-corrected chi connectivity index (χ4v) is 7.58. The maximum atomic E-state index is 16.6. The maximum Gasteiger partial charge on any atom is 0.407 e. The molecule has 1 amide bonds. The van der Waals surface area contributed by atoms with Gasteiger partial charge >= 0.3 is 12.1 Å². The quantitative estimate of drug-likeness (QED) is 0.341. The van der Waals surface area contributed by atoms with Gasteiger partial charge in [0.15, 0.2) is 5.82 Å². The zero-order valence-corrected chi connectivity index (χ0v) is 23.7. The zero-order valence-electron chi connectivity index (χ0n) is 23.7. The van der Waals surface area contributed by atoms with Crippen LogP contribution in [0.5, 0.6) is 6.01 Å². The Morgan fingerprint density at radius 2 is 1.74 bits per heavy atom. The van der Waals surface area contributed by atoms with Crippen molar-refractivity contribution in [2.75, 3.05) is 44.3 Å². The number of nitrogens with zero attached hydrogens (tertiary/aromatic N) is 5. The molecule has 222 valence electrons. The molecule has 0 bridgehead atoms. The molecule has 11 heteroatoms. The third kappa shape index (κ3) is 4.35. The number of benzene rings is 2. The predicted molar refractivity (Wildman–Crippen MR) is 157 cm³/mol. The minimum Gasteiger partial charge on any atom is -0.461 e. The number of fused-ring (bicyclic) bond motifs is 3. The summed E-state index contributed by atoms with van der Waals surface area (Å²) in [4.78, 5) is 30.3. The number of cyclic esters (lactones) is 1. The largest absolute Gasteiger partial charge is 0.461 e. The average Bonchev–Trinajstić information content (AvgIpc) is 3.71. The van der Waals surface area contributed by atoms with Gasteiger partial charge in [0.05, 0.1) is 16.5 Å². The molecule has 4 aromatic rings. The van der Waals surface area contributed by atoms with Crippen molar-refractivity contribution in [2.24, 2.45) is 0 Å². The van der Waals surface area contributed by atoms with Gasteiger partial charge in [-0.2, -0.15) is 9.97 Å².